The van der Waals surface area contributed by atoms with Crippen LogP contribution in [0.1, 0.15) is 11.4 Å². The zero-order chi connectivity index (χ0) is 16.5. The van der Waals surface area contributed by atoms with E-state index in [1.54, 1.807) is 12.1 Å². The van der Waals surface area contributed by atoms with E-state index in [9.17, 15) is 9.65 Å². The molecular weight excluding hydrogens is 305 g/mol. The van der Waals surface area contributed by atoms with Crippen molar-refractivity contribution in [1.82, 2.24) is 14.8 Å². The topological polar surface area (TPSA) is 57.7 Å². The summed E-state index contributed by atoms with van der Waals surface area (Å²) in [5, 5.41) is 17.8. The summed E-state index contributed by atoms with van der Waals surface area (Å²) >= 11 is 0. The van der Waals surface area contributed by atoms with Crippen LogP contribution < -0.4 is 4.90 Å². The van der Waals surface area contributed by atoms with Gasteiger partial charge in [0.05, 0.1) is 12.2 Å². The molecule has 118 valence electrons. The largest absolute Gasteiger partial charge is 0.361 e. The molecule has 0 unspecified atom stereocenters. The van der Waals surface area contributed by atoms with Gasteiger partial charge in [0.2, 0.25) is 0 Å². The lowest BCUT2D eigenvalue weighted by molar-refractivity contribution is 0.560. The second-order valence-electron chi connectivity index (χ2n) is 5.62. The number of anilines is 1. The van der Waals surface area contributed by atoms with Crippen LogP contribution in [0.25, 0.3) is 11.4 Å². The highest BCUT2D eigenvalue weighted by atomic mass is 19.1. The minimum atomic E-state index is -0.494. The van der Waals surface area contributed by atoms with E-state index in [1.807, 2.05) is 41.3 Å². The molecule has 0 spiro atoms. The van der Waals surface area contributed by atoms with Crippen LogP contribution in [0.3, 0.4) is 0 Å². The number of aromatic nitrogens is 3. The lowest BCUT2D eigenvalue weighted by atomic mass is 10.1. The summed E-state index contributed by atoms with van der Waals surface area (Å²) in [6, 6.07) is 16.6. The predicted molar refractivity (Wildman–Crippen MR) is 87.6 cm³/mol. The summed E-state index contributed by atoms with van der Waals surface area (Å²) in [6.07, 6.45) is 0. The van der Waals surface area contributed by atoms with Gasteiger partial charge in [0.15, 0.2) is 11.6 Å². The second-order valence-corrected chi connectivity index (χ2v) is 5.62. The quantitative estimate of drug-likeness (QED) is 0.728. The highest BCUT2D eigenvalue weighted by molar-refractivity contribution is 5.61. The van der Waals surface area contributed by atoms with Gasteiger partial charge in [-0.2, -0.15) is 5.26 Å². The third-order valence-corrected chi connectivity index (χ3v) is 4.23. The third-order valence-electron chi connectivity index (χ3n) is 4.23. The Hall–Kier alpha value is -3.20. The van der Waals surface area contributed by atoms with Gasteiger partial charge in [-0.05, 0) is 12.1 Å². The van der Waals surface area contributed by atoms with Crippen LogP contribution in [0.5, 0.6) is 0 Å². The molecule has 0 bridgehead atoms. The summed E-state index contributed by atoms with van der Waals surface area (Å²) in [6.45, 7) is 1.86. The monoisotopic (exact) mass is 319 g/mol. The Morgan fingerprint density at radius 1 is 1.00 bits per heavy atom. The fraction of sp³-hybridized carbons (Fsp3) is 0.167. The van der Waals surface area contributed by atoms with Gasteiger partial charge in [-0.15, -0.1) is 10.2 Å². The highest BCUT2D eigenvalue weighted by Crippen LogP contribution is 2.28. The molecule has 24 heavy (non-hydrogen) atoms. The predicted octanol–water partition coefficient (Wildman–Crippen LogP) is 2.98. The Morgan fingerprint density at radius 2 is 1.83 bits per heavy atom. The molecule has 6 heteroatoms. The molecule has 0 radical (unpaired) electrons. The first-order valence-corrected chi connectivity index (χ1v) is 7.69. The molecule has 1 aliphatic heterocycles. The van der Waals surface area contributed by atoms with Crippen molar-refractivity contribution in [2.75, 3.05) is 11.4 Å². The Balaban J connectivity index is 1.68. The van der Waals surface area contributed by atoms with Crippen molar-refractivity contribution < 1.29 is 4.39 Å². The van der Waals surface area contributed by atoms with Crippen molar-refractivity contribution in [3.63, 3.8) is 0 Å². The SMILES string of the molecule is N#Cc1c(F)cccc1N1CCn2c(nnc2-c2ccccc2)C1. The Morgan fingerprint density at radius 3 is 2.62 bits per heavy atom. The van der Waals surface area contributed by atoms with Crippen LogP contribution in [0.15, 0.2) is 48.5 Å². The van der Waals surface area contributed by atoms with Gasteiger partial charge in [-0.3, -0.25) is 0 Å². The molecule has 1 aliphatic rings. The number of rotatable bonds is 2. The van der Waals surface area contributed by atoms with Crippen LogP contribution in [-0.4, -0.2) is 21.3 Å². The van der Waals surface area contributed by atoms with Crippen LogP contribution in [0, 0.1) is 17.1 Å². The first kappa shape index (κ1) is 14.4. The van der Waals surface area contributed by atoms with E-state index in [2.05, 4.69) is 14.8 Å². The van der Waals surface area contributed by atoms with Crippen molar-refractivity contribution in [2.24, 2.45) is 0 Å². The minimum Gasteiger partial charge on any atom is -0.361 e. The lowest BCUT2D eigenvalue weighted by Crippen LogP contribution is -2.34. The summed E-state index contributed by atoms with van der Waals surface area (Å²) < 4.78 is 15.9. The molecule has 0 atom stereocenters. The number of nitrogens with zero attached hydrogens (tertiary/aromatic N) is 5. The molecular formula is C18H14FN5. The number of hydrogen-bond acceptors (Lipinski definition) is 4. The Labute approximate surface area is 138 Å². The first-order chi connectivity index (χ1) is 11.8. The number of nitriles is 1. The van der Waals surface area contributed by atoms with E-state index in [1.165, 1.54) is 6.07 Å². The number of halogens is 1. The molecule has 0 saturated carbocycles. The van der Waals surface area contributed by atoms with Crippen LogP contribution in [0.4, 0.5) is 10.1 Å². The van der Waals surface area contributed by atoms with Gasteiger partial charge in [0, 0.05) is 18.7 Å². The van der Waals surface area contributed by atoms with Crippen LogP contribution >= 0.6 is 0 Å². The number of fused-ring (bicyclic) bond motifs is 1. The number of hydrogen-bond donors (Lipinski definition) is 0. The van der Waals surface area contributed by atoms with Crippen molar-refractivity contribution in [1.29, 1.82) is 5.26 Å². The average molecular weight is 319 g/mol. The average Bonchev–Trinajstić information content (AvgIpc) is 3.05. The zero-order valence-electron chi connectivity index (χ0n) is 12.9. The Bertz CT molecular complexity index is 926. The third kappa shape index (κ3) is 2.31. The maximum atomic E-state index is 13.8. The van der Waals surface area contributed by atoms with Gasteiger partial charge in [0.1, 0.15) is 17.4 Å². The Kier molecular flexibility index (Phi) is 3.47. The van der Waals surface area contributed by atoms with Gasteiger partial charge < -0.3 is 9.47 Å². The summed E-state index contributed by atoms with van der Waals surface area (Å²) in [5.74, 6) is 1.16. The number of benzene rings is 2. The minimum absolute atomic E-state index is 0.0775. The molecule has 0 amide bonds. The molecule has 4 rings (SSSR count). The van der Waals surface area contributed by atoms with E-state index >= 15 is 0 Å². The van der Waals surface area contributed by atoms with Crippen molar-refractivity contribution in [3.8, 4) is 17.5 Å². The van der Waals surface area contributed by atoms with Crippen molar-refractivity contribution in [3.05, 3.63) is 65.7 Å². The second kappa shape index (κ2) is 5.78. The van der Waals surface area contributed by atoms with Gasteiger partial charge in [-0.25, -0.2) is 4.39 Å². The smallest absolute Gasteiger partial charge is 0.164 e. The van der Waals surface area contributed by atoms with Crippen LogP contribution in [-0.2, 0) is 13.1 Å². The maximum absolute atomic E-state index is 13.8. The maximum Gasteiger partial charge on any atom is 0.164 e. The van der Waals surface area contributed by atoms with E-state index in [0.717, 1.165) is 17.2 Å². The molecule has 0 aliphatic carbocycles. The van der Waals surface area contributed by atoms with E-state index in [4.69, 9.17) is 0 Å². The fourth-order valence-corrected chi connectivity index (χ4v) is 3.05. The summed E-state index contributed by atoms with van der Waals surface area (Å²) in [4.78, 5) is 1.97. The molecule has 0 fully saturated rings. The molecule has 2 heterocycles. The van der Waals surface area contributed by atoms with Crippen molar-refractivity contribution in [2.45, 2.75) is 13.1 Å². The van der Waals surface area contributed by atoms with E-state index < -0.39 is 5.82 Å². The molecule has 5 nitrogen and oxygen atoms in total. The first-order valence-electron chi connectivity index (χ1n) is 7.69. The molecule has 1 aromatic heterocycles. The molecule has 0 N–H and O–H groups in total. The van der Waals surface area contributed by atoms with Gasteiger partial charge in [0.25, 0.3) is 0 Å². The van der Waals surface area contributed by atoms with Gasteiger partial charge >= 0.3 is 0 Å². The van der Waals surface area contributed by atoms with E-state index in [0.29, 0.717) is 25.3 Å². The standard InChI is InChI=1S/C18H14FN5/c19-15-7-4-8-16(14(15)11-20)23-9-10-24-17(12-23)21-22-18(24)13-5-2-1-3-6-13/h1-8H,9-10,12H2. The fourth-order valence-electron chi connectivity index (χ4n) is 3.05. The lowest BCUT2D eigenvalue weighted by Gasteiger charge is -2.30. The molecule has 3 aromatic rings. The normalized spacial score (nSPS) is 13.4. The molecule has 2 aromatic carbocycles. The summed E-state index contributed by atoms with van der Waals surface area (Å²) in [7, 11) is 0. The highest BCUT2D eigenvalue weighted by Gasteiger charge is 2.24. The van der Waals surface area contributed by atoms with Crippen LogP contribution in [0.2, 0.25) is 0 Å². The van der Waals surface area contributed by atoms with E-state index in [-0.39, 0.29) is 5.56 Å². The molecule has 0 saturated heterocycles. The van der Waals surface area contributed by atoms with Crippen molar-refractivity contribution >= 4 is 5.69 Å². The van der Waals surface area contributed by atoms with Gasteiger partial charge in [-0.1, -0.05) is 36.4 Å². The summed E-state index contributed by atoms with van der Waals surface area (Å²) in [5.41, 5.74) is 1.70. The zero-order valence-corrected chi connectivity index (χ0v) is 12.9.